The summed E-state index contributed by atoms with van der Waals surface area (Å²) in [7, 11) is 1.61. The number of Topliss-reactive ketones (excluding diaryl/α,β-unsaturated/α-hetero) is 1. The van der Waals surface area contributed by atoms with Crippen LogP contribution in [0.25, 0.3) is 21.3 Å². The number of nitrogen functional groups attached to an aromatic ring is 1. The van der Waals surface area contributed by atoms with Crippen molar-refractivity contribution >= 4 is 44.6 Å². The Balaban J connectivity index is 1.64. The van der Waals surface area contributed by atoms with Crippen molar-refractivity contribution in [3.8, 4) is 22.6 Å². The molecule has 2 aromatic heterocycles. The number of ketones is 1. The molecule has 2 heterocycles. The number of ether oxygens (including phenoxy) is 2. The van der Waals surface area contributed by atoms with E-state index in [0.717, 1.165) is 22.6 Å². The van der Waals surface area contributed by atoms with Crippen molar-refractivity contribution in [3.05, 3.63) is 64.7 Å². The molecule has 8 heteroatoms. The quantitative estimate of drug-likeness (QED) is 0.310. The first kappa shape index (κ1) is 24.8. The Labute approximate surface area is 219 Å². The van der Waals surface area contributed by atoms with Crippen LogP contribution in [0.3, 0.4) is 0 Å². The first-order chi connectivity index (χ1) is 17.7. The van der Waals surface area contributed by atoms with Crippen LogP contribution in [-0.2, 0) is 6.42 Å². The van der Waals surface area contributed by atoms with Crippen LogP contribution in [0.4, 0.5) is 11.4 Å². The number of thiophene rings is 1. The first-order valence-electron chi connectivity index (χ1n) is 12.2. The molecule has 1 aliphatic rings. The van der Waals surface area contributed by atoms with Crippen LogP contribution >= 0.6 is 11.3 Å². The zero-order valence-corrected chi connectivity index (χ0v) is 22.1. The number of pyridine rings is 1. The summed E-state index contributed by atoms with van der Waals surface area (Å²) in [5.74, 6) is 1.16. The largest absolute Gasteiger partial charge is 0.497 e. The highest BCUT2D eigenvalue weighted by molar-refractivity contribution is 7.21. The summed E-state index contributed by atoms with van der Waals surface area (Å²) in [4.78, 5) is 32.6. The number of hydrogen-bond acceptors (Lipinski definition) is 7. The van der Waals surface area contributed by atoms with Gasteiger partial charge >= 0.3 is 0 Å². The first-order valence-corrected chi connectivity index (χ1v) is 13.0. The molecule has 190 valence electrons. The van der Waals surface area contributed by atoms with Crippen molar-refractivity contribution in [2.75, 3.05) is 24.8 Å². The van der Waals surface area contributed by atoms with E-state index >= 15 is 0 Å². The van der Waals surface area contributed by atoms with Gasteiger partial charge in [0, 0.05) is 28.6 Å². The van der Waals surface area contributed by atoms with E-state index in [1.165, 1.54) is 11.3 Å². The Morgan fingerprint density at radius 2 is 1.73 bits per heavy atom. The molecule has 0 spiro atoms. The Hall–Kier alpha value is -3.91. The van der Waals surface area contributed by atoms with Gasteiger partial charge in [0.25, 0.3) is 5.91 Å². The molecule has 0 saturated carbocycles. The predicted molar refractivity (Wildman–Crippen MR) is 148 cm³/mol. The number of benzene rings is 2. The lowest BCUT2D eigenvalue weighted by molar-refractivity contribution is 0.0911. The minimum atomic E-state index is -0.324. The van der Waals surface area contributed by atoms with E-state index in [-0.39, 0.29) is 17.1 Å². The second kappa shape index (κ2) is 9.52. The molecule has 0 aliphatic heterocycles. The number of anilines is 2. The smallest absolute Gasteiger partial charge is 0.267 e. The van der Waals surface area contributed by atoms with Gasteiger partial charge in [0.15, 0.2) is 5.78 Å². The molecule has 3 N–H and O–H groups in total. The molecule has 0 fully saturated rings. The maximum Gasteiger partial charge on any atom is 0.267 e. The van der Waals surface area contributed by atoms with Gasteiger partial charge in [-0.05, 0) is 60.7 Å². The number of hydrogen-bond donors (Lipinski definition) is 2. The van der Waals surface area contributed by atoms with Crippen LogP contribution in [0.15, 0.2) is 48.5 Å². The molecule has 7 nitrogen and oxygen atoms in total. The van der Waals surface area contributed by atoms with Gasteiger partial charge in [0.05, 0.1) is 25.1 Å². The summed E-state index contributed by atoms with van der Waals surface area (Å²) in [6.07, 6.45) is 1.09. The summed E-state index contributed by atoms with van der Waals surface area (Å²) in [5, 5.41) is 3.56. The third-order valence-corrected chi connectivity index (χ3v) is 7.62. The molecule has 5 rings (SSSR count). The highest BCUT2D eigenvalue weighted by Gasteiger charge is 2.36. The number of nitrogens with one attached hydrogen (secondary N) is 1. The summed E-state index contributed by atoms with van der Waals surface area (Å²) in [6, 6.07) is 14.7. The predicted octanol–water partition coefficient (Wildman–Crippen LogP) is 6.36. The molecular weight excluding hydrogens is 486 g/mol. The summed E-state index contributed by atoms with van der Waals surface area (Å²) in [6.45, 7) is 6.63. The number of aromatic nitrogens is 1. The number of methoxy groups -OCH3 is 1. The van der Waals surface area contributed by atoms with Gasteiger partial charge in [-0.15, -0.1) is 11.3 Å². The molecule has 1 aliphatic carbocycles. The number of carbonyl (C=O) groups is 2. The fourth-order valence-electron chi connectivity index (χ4n) is 4.87. The molecule has 4 aromatic rings. The third-order valence-electron chi connectivity index (χ3n) is 6.52. The van der Waals surface area contributed by atoms with Crippen molar-refractivity contribution in [2.24, 2.45) is 5.41 Å². The van der Waals surface area contributed by atoms with Gasteiger partial charge in [0.1, 0.15) is 21.2 Å². The highest BCUT2D eigenvalue weighted by Crippen LogP contribution is 2.46. The number of amides is 1. The van der Waals surface area contributed by atoms with Crippen LogP contribution < -0.4 is 20.5 Å². The van der Waals surface area contributed by atoms with E-state index in [1.54, 1.807) is 31.4 Å². The molecule has 1 amide bonds. The van der Waals surface area contributed by atoms with Gasteiger partial charge in [-0.25, -0.2) is 4.98 Å². The molecule has 0 saturated heterocycles. The van der Waals surface area contributed by atoms with Gasteiger partial charge in [0.2, 0.25) is 0 Å². The Kier molecular flexibility index (Phi) is 6.37. The Morgan fingerprint density at radius 3 is 2.38 bits per heavy atom. The minimum Gasteiger partial charge on any atom is -0.497 e. The van der Waals surface area contributed by atoms with Gasteiger partial charge in [-0.2, -0.15) is 0 Å². The topological polar surface area (TPSA) is 104 Å². The maximum atomic E-state index is 13.4. The zero-order chi connectivity index (χ0) is 26.3. The number of nitrogens with two attached hydrogens (primary N) is 1. The minimum absolute atomic E-state index is 0.0393. The number of carbonyl (C=O) groups excluding carboxylic acids is 2. The molecule has 2 aromatic carbocycles. The Bertz CT molecular complexity index is 1510. The van der Waals surface area contributed by atoms with Gasteiger partial charge in [-0.3, -0.25) is 9.59 Å². The molecule has 0 atom stereocenters. The summed E-state index contributed by atoms with van der Waals surface area (Å²) < 4.78 is 10.8. The van der Waals surface area contributed by atoms with E-state index in [4.69, 9.17) is 20.2 Å². The van der Waals surface area contributed by atoms with E-state index < -0.39 is 0 Å². The monoisotopic (exact) mass is 515 g/mol. The number of rotatable bonds is 6. The number of nitrogens with zero attached hydrogens (tertiary/aromatic N) is 1. The Morgan fingerprint density at radius 1 is 1.05 bits per heavy atom. The van der Waals surface area contributed by atoms with Crippen molar-refractivity contribution in [2.45, 2.75) is 33.6 Å². The van der Waals surface area contributed by atoms with E-state index in [9.17, 15) is 9.59 Å². The van der Waals surface area contributed by atoms with Crippen LogP contribution in [0.5, 0.6) is 11.5 Å². The third kappa shape index (κ3) is 4.64. The highest BCUT2D eigenvalue weighted by atomic mass is 32.1. The standard InChI is InChI=1S/C29H29N3O4S/c1-5-36-19-12-8-17(9-13-19)31-27(34)26-25(30)24-22(16-6-10-18(35-4)11-7-16)23-20(32-28(24)37-26)14-29(2,3)15-21(23)33/h6-13H,5,14-15,30H2,1-4H3,(H,31,34). The molecule has 0 unspecified atom stereocenters. The molecular formula is C29H29N3O4S. The summed E-state index contributed by atoms with van der Waals surface area (Å²) >= 11 is 1.24. The lowest BCUT2D eigenvalue weighted by atomic mass is 9.73. The van der Waals surface area contributed by atoms with Crippen molar-refractivity contribution < 1.29 is 19.1 Å². The van der Waals surface area contributed by atoms with Crippen molar-refractivity contribution in [1.82, 2.24) is 4.98 Å². The van der Waals surface area contributed by atoms with Gasteiger partial charge < -0.3 is 20.5 Å². The molecule has 37 heavy (non-hydrogen) atoms. The van der Waals surface area contributed by atoms with E-state index in [0.29, 0.717) is 57.2 Å². The fourth-order valence-corrected chi connectivity index (χ4v) is 5.89. The normalized spacial score (nSPS) is 14.3. The second-order valence-corrected chi connectivity index (χ2v) is 10.9. The van der Waals surface area contributed by atoms with Crippen LogP contribution in [0.2, 0.25) is 0 Å². The lowest BCUT2D eigenvalue weighted by Crippen LogP contribution is -2.28. The van der Waals surface area contributed by atoms with Gasteiger partial charge in [-0.1, -0.05) is 26.0 Å². The fraction of sp³-hybridized carbons (Fsp3) is 0.276. The second-order valence-electron chi connectivity index (χ2n) is 9.91. The SMILES string of the molecule is CCOc1ccc(NC(=O)c2sc3nc4c(c(-c5ccc(OC)cc5)c3c2N)C(=O)CC(C)(C)C4)cc1. The number of fused-ring (bicyclic) bond motifs is 2. The van der Waals surface area contributed by atoms with Crippen LogP contribution in [0, 0.1) is 5.41 Å². The molecule has 0 bridgehead atoms. The zero-order valence-electron chi connectivity index (χ0n) is 21.3. The van der Waals surface area contributed by atoms with Crippen LogP contribution in [-0.4, -0.2) is 30.4 Å². The lowest BCUT2D eigenvalue weighted by Gasteiger charge is -2.31. The van der Waals surface area contributed by atoms with E-state index in [2.05, 4.69) is 19.2 Å². The summed E-state index contributed by atoms with van der Waals surface area (Å²) in [5.41, 5.74) is 10.3. The molecule has 0 radical (unpaired) electrons. The maximum absolute atomic E-state index is 13.4. The van der Waals surface area contributed by atoms with E-state index in [1.807, 2.05) is 31.2 Å². The van der Waals surface area contributed by atoms with Crippen molar-refractivity contribution in [1.29, 1.82) is 0 Å². The van der Waals surface area contributed by atoms with Crippen LogP contribution in [0.1, 0.15) is 52.9 Å². The van der Waals surface area contributed by atoms with Crippen molar-refractivity contribution in [3.63, 3.8) is 0 Å². The average molecular weight is 516 g/mol. The average Bonchev–Trinajstić information content (AvgIpc) is 3.19.